The topological polar surface area (TPSA) is 220 Å². The number of hydrogen-bond acceptors (Lipinski definition) is 13. The van der Waals surface area contributed by atoms with Crippen molar-refractivity contribution in [3.05, 3.63) is 253 Å². The van der Waals surface area contributed by atoms with E-state index in [4.69, 9.17) is 29.4 Å². The average molecular weight is 1380 g/mol. The molecule has 4 aromatic heterocycles. The SMILES string of the molecule is N#C/C(c1cnc2ccccc2n1)=c1\c2c(-c3cccc(OCCCCC(=O)NS(=O)(=O)C(F)(F)F)c3)n(B(c3ccccc3)c3ccccc3)/c(=C(/C#N)c3cnc4ccccc4n3)c2c(-c2cccc(OCCCCC(=O)NSC(F)(F)F)c2)n1B(c1ccccc1)c1ccccc1. The van der Waals surface area contributed by atoms with Crippen LogP contribution >= 0.6 is 11.9 Å². The summed E-state index contributed by atoms with van der Waals surface area (Å²) in [5.74, 6) is -1.49. The molecule has 4 heterocycles. The smallest absolute Gasteiger partial charge is 0.494 e. The molecule has 16 nitrogen and oxygen atoms in total. The van der Waals surface area contributed by atoms with Crippen molar-refractivity contribution in [2.75, 3.05) is 13.2 Å². The number of halogens is 6. The van der Waals surface area contributed by atoms with E-state index in [-0.39, 0.29) is 73.6 Å². The highest BCUT2D eigenvalue weighted by atomic mass is 32.2. The molecule has 100 heavy (non-hydrogen) atoms. The summed E-state index contributed by atoms with van der Waals surface area (Å²) in [5, 5.41) is 26.4. The molecule has 12 aromatic rings. The zero-order valence-electron chi connectivity index (χ0n) is 52.9. The van der Waals surface area contributed by atoms with Crippen molar-refractivity contribution in [2.24, 2.45) is 0 Å². The molecule has 12 rings (SSSR count). The number of nitriles is 2. The lowest BCUT2D eigenvalue weighted by Crippen LogP contribution is -2.54. The molecule has 0 spiro atoms. The minimum Gasteiger partial charge on any atom is -0.494 e. The van der Waals surface area contributed by atoms with Gasteiger partial charge in [0.2, 0.25) is 11.8 Å². The van der Waals surface area contributed by atoms with Gasteiger partial charge >= 0.3 is 34.7 Å². The number of benzene rings is 8. The highest BCUT2D eigenvalue weighted by molar-refractivity contribution is 7.98. The van der Waals surface area contributed by atoms with Gasteiger partial charge in [-0.1, -0.05) is 192 Å². The van der Waals surface area contributed by atoms with Crippen molar-refractivity contribution in [2.45, 2.75) is 49.5 Å². The van der Waals surface area contributed by atoms with Crippen LogP contribution < -0.4 is 51.5 Å². The highest BCUT2D eigenvalue weighted by Gasteiger charge is 2.47. The van der Waals surface area contributed by atoms with Crippen LogP contribution in [0.4, 0.5) is 26.3 Å². The standard InChI is InChI=1S/C74H56B2F6N10O6S2/c77-73(78,79)99-89-65(93)39-17-19-41-97-55-33-21-23-49(43-55)69-67-68(72(58(46-84)64-48-86-60-36-14-16-38-62(60)88-64)91(69)75(51-25-5-1-6-26-51)52-27-7-2-8-28-52)70(50-24-22-34-56(44-50)98-42-20-18-40-66(94)90-100(95,96)74(80,81)82)92(76(53-29-9-3-10-30-53)54-31-11-4-12-32-54)71(67)57(45-83)63-47-85-59-35-13-15-37-61(59)87-63/h1-16,21-38,43-44,47-48H,17-20,39-42H2,(H,89,93)(H,90,94)/b71-57-,72-58-. The molecule has 0 saturated carbocycles. The summed E-state index contributed by atoms with van der Waals surface area (Å²) in [6.07, 6.45) is 2.85. The maximum atomic E-state index is 13.2. The van der Waals surface area contributed by atoms with Crippen LogP contribution in [0.2, 0.25) is 0 Å². The molecule has 0 bridgehead atoms. The number of alkyl halides is 6. The van der Waals surface area contributed by atoms with Crippen LogP contribution in [-0.2, 0) is 19.6 Å². The average Bonchev–Trinajstić information content (AvgIpc) is 1.52. The lowest BCUT2D eigenvalue weighted by Gasteiger charge is -2.24. The first-order chi connectivity index (χ1) is 48.4. The Morgan fingerprint density at radius 2 is 0.860 bits per heavy atom. The summed E-state index contributed by atoms with van der Waals surface area (Å²) in [4.78, 5) is 45.2. The van der Waals surface area contributed by atoms with Crippen molar-refractivity contribution < 1.29 is 53.8 Å². The number of aromatic nitrogens is 6. The fourth-order valence-electron chi connectivity index (χ4n) is 12.2. The molecule has 2 amide bonds. The Kier molecular flexibility index (Phi) is 20.6. The molecule has 0 fully saturated rings. The zero-order valence-corrected chi connectivity index (χ0v) is 54.5. The lowest BCUT2D eigenvalue weighted by atomic mass is 9.50. The summed E-state index contributed by atoms with van der Waals surface area (Å²) in [6, 6.07) is 72.9. The largest absolute Gasteiger partial charge is 0.516 e. The summed E-state index contributed by atoms with van der Waals surface area (Å²) in [7, 11) is -5.93. The second-order valence-corrected chi connectivity index (χ2v) is 25.6. The van der Waals surface area contributed by atoms with Gasteiger partial charge in [-0.3, -0.25) is 24.3 Å². The number of ether oxygens (including phenoxy) is 2. The monoisotopic (exact) mass is 1380 g/mol. The van der Waals surface area contributed by atoms with E-state index in [9.17, 15) is 54.9 Å². The predicted octanol–water partition coefficient (Wildman–Crippen LogP) is 10.8. The maximum Gasteiger partial charge on any atom is 0.516 e. The minimum atomic E-state index is -5.93. The fraction of sp³-hybridized carbons (Fsp3) is 0.135. The molecule has 0 aliphatic heterocycles. The molecule has 0 aliphatic rings. The van der Waals surface area contributed by atoms with E-state index in [2.05, 4.69) is 21.1 Å². The van der Waals surface area contributed by atoms with Crippen LogP contribution in [0.15, 0.2) is 231 Å². The Morgan fingerprint density at radius 3 is 1.23 bits per heavy atom. The van der Waals surface area contributed by atoms with E-state index >= 15 is 0 Å². The molecule has 0 saturated heterocycles. The number of nitrogens with one attached hydrogen (secondary N) is 2. The molecule has 498 valence electrons. The molecule has 2 N–H and O–H groups in total. The number of rotatable bonds is 24. The van der Waals surface area contributed by atoms with E-state index in [1.807, 2.05) is 181 Å². The van der Waals surface area contributed by atoms with Crippen LogP contribution in [0.3, 0.4) is 0 Å². The van der Waals surface area contributed by atoms with E-state index < -0.39 is 64.9 Å². The molecular formula is C74H56B2F6N10O6S2. The minimum absolute atomic E-state index is 0.0447. The number of carbonyl (C=O) groups is 2. The Labute approximate surface area is 574 Å². The molecule has 0 radical (unpaired) electrons. The second-order valence-electron chi connectivity index (χ2n) is 23.0. The van der Waals surface area contributed by atoms with Crippen molar-refractivity contribution in [3.63, 3.8) is 0 Å². The van der Waals surface area contributed by atoms with E-state index in [1.54, 1.807) is 54.9 Å². The van der Waals surface area contributed by atoms with Crippen LogP contribution in [0.5, 0.6) is 11.5 Å². The molecule has 8 aromatic carbocycles. The van der Waals surface area contributed by atoms with Gasteiger partial charge in [-0.05, 0) is 74.2 Å². The van der Waals surface area contributed by atoms with Crippen LogP contribution in [-0.4, -0.2) is 87.1 Å². The zero-order chi connectivity index (χ0) is 70.0. The van der Waals surface area contributed by atoms with Gasteiger partial charge in [0, 0.05) is 46.1 Å². The molecule has 26 heteroatoms. The molecule has 0 unspecified atom stereocenters. The first-order valence-corrected chi connectivity index (χ1v) is 33.8. The number of nitrogens with zero attached hydrogens (tertiary/aromatic N) is 8. The first-order valence-electron chi connectivity index (χ1n) is 31.5. The Bertz CT molecular complexity index is 5170. The van der Waals surface area contributed by atoms with Crippen molar-refractivity contribution in [1.82, 2.24) is 38.3 Å². The number of carbonyl (C=O) groups excluding carboxylic acids is 2. The van der Waals surface area contributed by atoms with Gasteiger partial charge in [0.15, 0.2) is 0 Å². The number of fused-ring (bicyclic) bond motifs is 3. The maximum absolute atomic E-state index is 13.2. The normalized spacial score (nSPS) is 12.3. The van der Waals surface area contributed by atoms with E-state index in [0.29, 0.717) is 71.8 Å². The molecule has 0 aliphatic carbocycles. The first kappa shape index (κ1) is 68.5. The van der Waals surface area contributed by atoms with Crippen molar-refractivity contribution in [3.8, 4) is 46.2 Å². The Morgan fingerprint density at radius 1 is 0.490 bits per heavy atom. The summed E-state index contributed by atoms with van der Waals surface area (Å²) in [5.41, 5.74) is -2.85. The summed E-state index contributed by atoms with van der Waals surface area (Å²) >= 11 is -0.622. The summed E-state index contributed by atoms with van der Waals surface area (Å²) < 4.78 is 122. The highest BCUT2D eigenvalue weighted by Crippen LogP contribution is 2.39. The lowest BCUT2D eigenvalue weighted by molar-refractivity contribution is -0.120. The third-order valence-corrected chi connectivity index (χ3v) is 18.1. The van der Waals surface area contributed by atoms with Gasteiger partial charge in [-0.15, -0.1) is 0 Å². The third-order valence-electron chi connectivity index (χ3n) is 16.4. The van der Waals surface area contributed by atoms with Crippen molar-refractivity contribution in [1.29, 1.82) is 10.5 Å². The number of para-hydroxylation sites is 4. The van der Waals surface area contributed by atoms with Crippen LogP contribution in [0.25, 0.3) is 66.5 Å². The second kappa shape index (κ2) is 30.1. The quantitative estimate of drug-likeness (QED) is 0.0249. The molecular weight excluding hydrogens is 1320 g/mol. The van der Waals surface area contributed by atoms with E-state index in [0.717, 1.165) is 26.6 Å². The van der Waals surface area contributed by atoms with Crippen LogP contribution in [0, 0.1) is 22.7 Å². The Hall–Kier alpha value is -11.5. The van der Waals surface area contributed by atoms with Gasteiger partial charge in [0.1, 0.15) is 46.2 Å². The number of amides is 2. The number of sulfonamides is 1. The van der Waals surface area contributed by atoms with Gasteiger partial charge < -0.3 is 18.4 Å². The van der Waals surface area contributed by atoms with Gasteiger partial charge in [-0.2, -0.15) is 45.3 Å². The van der Waals surface area contributed by atoms with Crippen LogP contribution in [0.1, 0.15) is 49.9 Å². The number of hydrogen-bond donors (Lipinski definition) is 2. The number of unbranched alkanes of at least 4 members (excludes halogenated alkanes) is 2. The van der Waals surface area contributed by atoms with E-state index in [1.165, 1.54) is 0 Å². The Balaban J connectivity index is 1.23. The fourth-order valence-corrected chi connectivity index (χ4v) is 13.0. The van der Waals surface area contributed by atoms with Gasteiger partial charge in [0.05, 0.1) is 70.3 Å². The van der Waals surface area contributed by atoms with Gasteiger partial charge in [-0.25, -0.2) is 14.7 Å². The molecule has 0 atom stereocenters. The van der Waals surface area contributed by atoms with Gasteiger partial charge in [0.25, 0.3) is 0 Å². The third kappa shape index (κ3) is 15.1. The van der Waals surface area contributed by atoms with Crippen molar-refractivity contribution >= 4 is 113 Å². The predicted molar refractivity (Wildman–Crippen MR) is 376 cm³/mol. The summed E-state index contributed by atoms with van der Waals surface area (Å²) in [6.45, 7) is -1.70.